The van der Waals surface area contributed by atoms with E-state index in [0.717, 1.165) is 0 Å². The first kappa shape index (κ1) is 14.0. The van der Waals surface area contributed by atoms with E-state index in [2.05, 4.69) is 20.9 Å². The van der Waals surface area contributed by atoms with Crippen LogP contribution in [0.3, 0.4) is 0 Å². The second-order valence-electron chi connectivity index (χ2n) is 3.86. The lowest BCUT2D eigenvalue weighted by Crippen LogP contribution is -2.02. The van der Waals surface area contributed by atoms with E-state index in [1.807, 2.05) is 6.07 Å². The average molecular weight is 333 g/mol. The number of hydrogen-bond acceptors (Lipinski definition) is 4. The molecule has 5 nitrogen and oxygen atoms in total. The van der Waals surface area contributed by atoms with Gasteiger partial charge in [0.05, 0.1) is 10.0 Å². The summed E-state index contributed by atoms with van der Waals surface area (Å²) in [4.78, 5) is 14.8. The topological polar surface area (TPSA) is 83.2 Å². The molecule has 0 saturated carbocycles. The number of carbonyl (C=O) groups is 1. The zero-order chi connectivity index (χ0) is 14.5. The predicted octanol–water partition coefficient (Wildman–Crippen LogP) is 2.99. The van der Waals surface area contributed by atoms with Crippen LogP contribution >= 0.6 is 15.9 Å². The van der Waals surface area contributed by atoms with Crippen molar-refractivity contribution in [2.24, 2.45) is 0 Å². The van der Waals surface area contributed by atoms with Gasteiger partial charge >= 0.3 is 5.97 Å². The highest BCUT2D eigenvalue weighted by atomic mass is 79.9. The highest BCUT2D eigenvalue weighted by Crippen LogP contribution is 2.27. The molecule has 0 atom stereocenters. The molecule has 0 saturated heterocycles. The molecule has 0 unspecified atom stereocenters. The fourth-order valence-corrected chi connectivity index (χ4v) is 1.92. The van der Waals surface area contributed by atoms with Crippen LogP contribution in [0.1, 0.15) is 21.6 Å². The molecule has 1 N–H and O–H groups in total. The summed E-state index contributed by atoms with van der Waals surface area (Å²) in [6.45, 7) is 0.137. The van der Waals surface area contributed by atoms with Gasteiger partial charge < -0.3 is 9.84 Å². The quantitative estimate of drug-likeness (QED) is 0.930. The fourth-order valence-electron chi connectivity index (χ4n) is 1.56. The molecular weight excluding hydrogens is 324 g/mol. The van der Waals surface area contributed by atoms with E-state index < -0.39 is 5.97 Å². The zero-order valence-corrected chi connectivity index (χ0v) is 11.8. The van der Waals surface area contributed by atoms with E-state index in [1.165, 1.54) is 18.3 Å². The van der Waals surface area contributed by atoms with Crippen LogP contribution in [0.15, 0.2) is 41.0 Å². The number of rotatable bonds is 4. The Labute approximate surface area is 123 Å². The van der Waals surface area contributed by atoms with Gasteiger partial charge in [0.2, 0.25) is 0 Å². The van der Waals surface area contributed by atoms with Crippen LogP contribution in [0.2, 0.25) is 0 Å². The third-order valence-corrected chi connectivity index (χ3v) is 3.21. The summed E-state index contributed by atoms with van der Waals surface area (Å²) in [6.07, 6.45) is 1.53. The maximum absolute atomic E-state index is 10.9. The minimum Gasteiger partial charge on any atom is -0.488 e. The van der Waals surface area contributed by atoms with E-state index in [0.29, 0.717) is 15.8 Å². The van der Waals surface area contributed by atoms with Crippen molar-refractivity contribution >= 4 is 21.9 Å². The molecule has 0 spiro atoms. The van der Waals surface area contributed by atoms with Crippen molar-refractivity contribution in [3.8, 4) is 11.8 Å². The number of nitrogens with zero attached hydrogens (tertiary/aromatic N) is 2. The molecule has 2 aromatic rings. The van der Waals surface area contributed by atoms with Crippen molar-refractivity contribution < 1.29 is 14.6 Å². The summed E-state index contributed by atoms with van der Waals surface area (Å²) in [7, 11) is 0. The van der Waals surface area contributed by atoms with Gasteiger partial charge in [-0.05, 0) is 40.2 Å². The van der Waals surface area contributed by atoms with Crippen LogP contribution < -0.4 is 4.74 Å². The fraction of sp³-hybridized carbons (Fsp3) is 0.0714. The molecule has 0 aliphatic heterocycles. The summed E-state index contributed by atoms with van der Waals surface area (Å²) < 4.78 is 6.20. The molecule has 1 aromatic heterocycles. The number of ether oxygens (including phenoxy) is 1. The number of carboxylic acid groups (broad SMARTS) is 1. The normalized spacial score (nSPS) is 9.80. The van der Waals surface area contributed by atoms with Crippen LogP contribution in [-0.2, 0) is 6.61 Å². The van der Waals surface area contributed by atoms with Crippen LogP contribution in [0.25, 0.3) is 0 Å². The van der Waals surface area contributed by atoms with Gasteiger partial charge in [0.25, 0.3) is 0 Å². The third kappa shape index (κ3) is 3.13. The second kappa shape index (κ2) is 6.17. The first-order valence-electron chi connectivity index (χ1n) is 5.61. The lowest BCUT2D eigenvalue weighted by molar-refractivity contribution is 0.0696. The molecule has 100 valence electrons. The van der Waals surface area contributed by atoms with Crippen molar-refractivity contribution in [3.63, 3.8) is 0 Å². The van der Waals surface area contributed by atoms with Crippen molar-refractivity contribution in [1.29, 1.82) is 5.26 Å². The molecule has 0 aliphatic carbocycles. The predicted molar refractivity (Wildman–Crippen MR) is 74.4 cm³/mol. The van der Waals surface area contributed by atoms with E-state index in [4.69, 9.17) is 15.1 Å². The van der Waals surface area contributed by atoms with E-state index in [-0.39, 0.29) is 17.9 Å². The van der Waals surface area contributed by atoms with Crippen LogP contribution in [-0.4, -0.2) is 16.1 Å². The molecule has 0 aliphatic rings. The Morgan fingerprint density at radius 3 is 2.95 bits per heavy atom. The van der Waals surface area contributed by atoms with Crippen molar-refractivity contribution in [3.05, 3.63) is 57.8 Å². The minimum atomic E-state index is -1.03. The van der Waals surface area contributed by atoms with Gasteiger partial charge in [0, 0.05) is 11.8 Å². The minimum absolute atomic E-state index is 0.134. The largest absolute Gasteiger partial charge is 0.488 e. The van der Waals surface area contributed by atoms with Gasteiger partial charge in [0.1, 0.15) is 24.1 Å². The molecule has 1 aromatic carbocycles. The molecule has 0 amide bonds. The zero-order valence-electron chi connectivity index (χ0n) is 10.2. The number of halogens is 1. The maximum atomic E-state index is 10.9. The SMILES string of the molecule is N#Cc1ncccc1COc1cc(C(=O)O)ccc1Br. The van der Waals surface area contributed by atoms with Crippen LogP contribution in [0.5, 0.6) is 5.75 Å². The van der Waals surface area contributed by atoms with E-state index in [9.17, 15) is 4.79 Å². The Kier molecular flexibility index (Phi) is 4.33. The van der Waals surface area contributed by atoms with Gasteiger partial charge in [0.15, 0.2) is 0 Å². The van der Waals surface area contributed by atoms with Gasteiger partial charge in [-0.15, -0.1) is 0 Å². The lowest BCUT2D eigenvalue weighted by atomic mass is 10.2. The Balaban J connectivity index is 2.21. The number of benzene rings is 1. The standard InChI is InChI=1S/C14H9BrN2O3/c15-11-4-3-9(14(18)19)6-13(11)20-8-10-2-1-5-17-12(10)7-16/h1-6H,8H2,(H,18,19). The average Bonchev–Trinajstić information content (AvgIpc) is 2.46. The smallest absolute Gasteiger partial charge is 0.335 e. The molecule has 1 heterocycles. The summed E-state index contributed by atoms with van der Waals surface area (Å²) in [5.41, 5.74) is 1.07. The number of hydrogen-bond donors (Lipinski definition) is 1. The molecule has 0 radical (unpaired) electrons. The first-order valence-corrected chi connectivity index (χ1v) is 6.40. The van der Waals surface area contributed by atoms with Gasteiger partial charge in [-0.3, -0.25) is 0 Å². The Morgan fingerprint density at radius 1 is 1.45 bits per heavy atom. The number of pyridine rings is 1. The molecule has 0 fully saturated rings. The summed E-state index contributed by atoms with van der Waals surface area (Å²) in [5.74, 6) is -0.626. The Morgan fingerprint density at radius 2 is 2.25 bits per heavy atom. The van der Waals surface area contributed by atoms with Crippen molar-refractivity contribution in [2.75, 3.05) is 0 Å². The van der Waals surface area contributed by atoms with Gasteiger partial charge in [-0.1, -0.05) is 6.07 Å². The number of aromatic carboxylic acids is 1. The van der Waals surface area contributed by atoms with Crippen molar-refractivity contribution in [1.82, 2.24) is 4.98 Å². The number of aromatic nitrogens is 1. The van der Waals surface area contributed by atoms with Gasteiger partial charge in [-0.2, -0.15) is 5.26 Å². The maximum Gasteiger partial charge on any atom is 0.335 e. The number of nitriles is 1. The van der Waals surface area contributed by atoms with Crippen LogP contribution in [0.4, 0.5) is 0 Å². The van der Waals surface area contributed by atoms with E-state index in [1.54, 1.807) is 18.2 Å². The molecule has 2 rings (SSSR count). The lowest BCUT2D eigenvalue weighted by Gasteiger charge is -2.09. The summed E-state index contributed by atoms with van der Waals surface area (Å²) in [6, 6.07) is 9.93. The van der Waals surface area contributed by atoms with Crippen molar-refractivity contribution in [2.45, 2.75) is 6.61 Å². The molecule has 20 heavy (non-hydrogen) atoms. The third-order valence-electron chi connectivity index (χ3n) is 2.56. The Hall–Kier alpha value is -2.39. The first-order chi connectivity index (χ1) is 9.61. The molecule has 6 heteroatoms. The summed E-state index contributed by atoms with van der Waals surface area (Å²) >= 11 is 3.29. The molecule has 0 bridgehead atoms. The highest BCUT2D eigenvalue weighted by Gasteiger charge is 2.09. The molecular formula is C14H9BrN2O3. The second-order valence-corrected chi connectivity index (χ2v) is 4.72. The monoisotopic (exact) mass is 332 g/mol. The van der Waals surface area contributed by atoms with Gasteiger partial charge in [-0.25, -0.2) is 9.78 Å². The number of carboxylic acids is 1. The van der Waals surface area contributed by atoms with Crippen LogP contribution in [0, 0.1) is 11.3 Å². The van der Waals surface area contributed by atoms with E-state index >= 15 is 0 Å². The highest BCUT2D eigenvalue weighted by molar-refractivity contribution is 9.10. The summed E-state index contributed by atoms with van der Waals surface area (Å²) in [5, 5.41) is 17.9. The Bertz CT molecular complexity index is 695.